The minimum atomic E-state index is 1.09. The first-order valence-electron chi connectivity index (χ1n) is 23.2. The van der Waals surface area contributed by atoms with Crippen molar-refractivity contribution in [1.82, 2.24) is 4.57 Å². The molecule has 0 saturated heterocycles. The molecule has 1 aliphatic carbocycles. The van der Waals surface area contributed by atoms with Crippen molar-refractivity contribution in [2.45, 2.75) is 12.8 Å². The van der Waals surface area contributed by atoms with E-state index in [9.17, 15) is 0 Å². The maximum atomic E-state index is 2.45. The zero-order valence-electron chi connectivity index (χ0n) is 36.8. The summed E-state index contributed by atoms with van der Waals surface area (Å²) in [5.41, 5.74) is 17.9. The van der Waals surface area contributed by atoms with Crippen LogP contribution in [0.4, 0.5) is 17.1 Å². The number of anilines is 3. The van der Waals surface area contributed by atoms with Crippen molar-refractivity contribution in [3.05, 3.63) is 247 Å². The minimum absolute atomic E-state index is 1.09. The zero-order chi connectivity index (χ0) is 44.3. The van der Waals surface area contributed by atoms with E-state index >= 15 is 0 Å². The molecule has 12 aromatic rings. The number of para-hydroxylation sites is 4. The van der Waals surface area contributed by atoms with Gasteiger partial charge in [-0.3, -0.25) is 0 Å². The number of aromatic nitrogens is 1. The van der Waals surface area contributed by atoms with Crippen LogP contribution in [0.5, 0.6) is 0 Å². The smallest absolute Gasteiger partial charge is 0.0541 e. The molecule has 3 heteroatoms. The number of allylic oxidation sites excluding steroid dienone is 1. The molecule has 10 aromatic carbocycles. The highest BCUT2D eigenvalue weighted by Crippen LogP contribution is 2.47. The van der Waals surface area contributed by atoms with Crippen LogP contribution in [0.2, 0.25) is 0 Å². The van der Waals surface area contributed by atoms with Crippen molar-refractivity contribution in [1.29, 1.82) is 0 Å². The summed E-state index contributed by atoms with van der Waals surface area (Å²) in [5, 5.41) is 6.38. The van der Waals surface area contributed by atoms with Crippen LogP contribution in [-0.4, -0.2) is 4.57 Å². The Balaban J connectivity index is 0.935. The summed E-state index contributed by atoms with van der Waals surface area (Å²) < 4.78 is 3.77. The molecule has 0 aliphatic heterocycles. The van der Waals surface area contributed by atoms with Gasteiger partial charge >= 0.3 is 0 Å². The molecule has 0 spiro atoms. The molecule has 13 rings (SSSR count). The van der Waals surface area contributed by atoms with Crippen LogP contribution in [0.3, 0.4) is 0 Å². The largest absolute Gasteiger partial charge is 0.310 e. The Kier molecular flexibility index (Phi) is 9.54. The Morgan fingerprint density at radius 2 is 1.00 bits per heavy atom. The first-order chi connectivity index (χ1) is 33.2. The molecule has 2 aromatic heterocycles. The maximum absolute atomic E-state index is 2.45. The molecule has 316 valence electrons. The monoisotopic (exact) mass is 872 g/mol. The molecule has 2 heterocycles. The minimum Gasteiger partial charge on any atom is -0.310 e. The highest BCUT2D eigenvalue weighted by atomic mass is 32.1. The topological polar surface area (TPSA) is 8.17 Å². The number of benzene rings is 10. The van der Waals surface area contributed by atoms with Crippen LogP contribution >= 0.6 is 11.3 Å². The van der Waals surface area contributed by atoms with Crippen molar-refractivity contribution in [3.63, 3.8) is 0 Å². The van der Waals surface area contributed by atoms with Gasteiger partial charge in [0, 0.05) is 48.2 Å². The van der Waals surface area contributed by atoms with E-state index in [0.29, 0.717) is 0 Å². The Morgan fingerprint density at radius 1 is 0.418 bits per heavy atom. The van der Waals surface area contributed by atoms with Crippen molar-refractivity contribution < 1.29 is 0 Å². The quantitative estimate of drug-likeness (QED) is 0.148. The molecule has 67 heavy (non-hydrogen) atoms. The lowest BCUT2D eigenvalue weighted by molar-refractivity contribution is 1.02. The molecular weight excluding hydrogens is 829 g/mol. The van der Waals surface area contributed by atoms with Gasteiger partial charge < -0.3 is 9.47 Å². The third kappa shape index (κ3) is 6.78. The highest BCUT2D eigenvalue weighted by molar-refractivity contribution is 7.19. The van der Waals surface area contributed by atoms with E-state index in [1.165, 1.54) is 92.0 Å². The molecule has 0 radical (unpaired) electrons. The summed E-state index contributed by atoms with van der Waals surface area (Å²) in [7, 11) is 0. The number of hydrogen-bond acceptors (Lipinski definition) is 2. The molecule has 0 atom stereocenters. The fourth-order valence-electron chi connectivity index (χ4n) is 10.5. The molecule has 0 N–H and O–H groups in total. The van der Waals surface area contributed by atoms with Gasteiger partial charge in [-0.25, -0.2) is 0 Å². The third-order valence-electron chi connectivity index (χ3n) is 13.7. The molecule has 0 saturated carbocycles. The Bertz CT molecular complexity index is 3810. The lowest BCUT2D eigenvalue weighted by Gasteiger charge is -2.28. The van der Waals surface area contributed by atoms with Crippen LogP contribution in [0.25, 0.3) is 98.9 Å². The predicted octanol–water partition coefficient (Wildman–Crippen LogP) is 18.2. The first-order valence-corrected chi connectivity index (χ1v) is 24.0. The van der Waals surface area contributed by atoms with Gasteiger partial charge in [-0.15, -0.1) is 11.3 Å². The lowest BCUT2D eigenvalue weighted by Crippen LogP contribution is -2.11. The lowest BCUT2D eigenvalue weighted by atomic mass is 9.94. The van der Waals surface area contributed by atoms with Gasteiger partial charge in [0.15, 0.2) is 0 Å². The predicted molar refractivity (Wildman–Crippen MR) is 287 cm³/mol. The summed E-state index contributed by atoms with van der Waals surface area (Å²) in [6.45, 7) is 0. The molecule has 1 aliphatic rings. The van der Waals surface area contributed by atoms with E-state index in [4.69, 9.17) is 0 Å². The van der Waals surface area contributed by atoms with Crippen LogP contribution < -0.4 is 4.90 Å². The van der Waals surface area contributed by atoms with Crippen LogP contribution in [0.1, 0.15) is 16.9 Å². The third-order valence-corrected chi connectivity index (χ3v) is 14.9. The summed E-state index contributed by atoms with van der Waals surface area (Å²) >= 11 is 1.95. The summed E-state index contributed by atoms with van der Waals surface area (Å²) in [6.07, 6.45) is 6.89. The van der Waals surface area contributed by atoms with Crippen molar-refractivity contribution in [2.75, 3.05) is 4.90 Å². The average molecular weight is 873 g/mol. The van der Waals surface area contributed by atoms with Gasteiger partial charge in [-0.2, -0.15) is 0 Å². The number of nitrogens with zero attached hydrogens (tertiary/aromatic N) is 2. The SMILES string of the molecule is C1=Cc2c(sc3cccc(-c4ccccc4N(c4ccc(-c5cccc(-c6ccc7ccccc7c6)c5)cc4)c4ccc(-c5ccccc5-n5c6ccccc6c6ccccc65)cc4)c23)CC1. The van der Waals surface area contributed by atoms with E-state index in [-0.39, 0.29) is 0 Å². The van der Waals surface area contributed by atoms with Gasteiger partial charge in [0.2, 0.25) is 0 Å². The van der Waals surface area contributed by atoms with Gasteiger partial charge in [0.25, 0.3) is 0 Å². The van der Waals surface area contributed by atoms with Crippen LogP contribution in [0.15, 0.2) is 237 Å². The Labute approximate surface area is 394 Å². The average Bonchev–Trinajstić information content (AvgIpc) is 3.95. The van der Waals surface area contributed by atoms with E-state index in [0.717, 1.165) is 41.2 Å². The number of fused-ring (bicyclic) bond motifs is 7. The van der Waals surface area contributed by atoms with E-state index in [2.05, 4.69) is 252 Å². The Hall–Kier alpha value is -8.24. The number of thiophene rings is 1. The van der Waals surface area contributed by atoms with Gasteiger partial charge in [0.05, 0.1) is 22.4 Å². The highest BCUT2D eigenvalue weighted by Gasteiger charge is 2.22. The second kappa shape index (κ2) is 16.3. The van der Waals surface area contributed by atoms with Crippen molar-refractivity contribution in [3.8, 4) is 50.2 Å². The van der Waals surface area contributed by atoms with Gasteiger partial charge in [0.1, 0.15) is 0 Å². The summed E-state index contributed by atoms with van der Waals surface area (Å²) in [4.78, 5) is 3.93. The second-order valence-electron chi connectivity index (χ2n) is 17.5. The van der Waals surface area contributed by atoms with E-state index in [1.807, 2.05) is 11.3 Å². The van der Waals surface area contributed by atoms with Crippen LogP contribution in [0, 0.1) is 0 Å². The zero-order valence-corrected chi connectivity index (χ0v) is 37.6. The van der Waals surface area contributed by atoms with E-state index < -0.39 is 0 Å². The molecule has 0 bridgehead atoms. The molecule has 0 amide bonds. The summed E-state index contributed by atoms with van der Waals surface area (Å²) in [5.74, 6) is 0. The van der Waals surface area contributed by atoms with E-state index in [1.54, 1.807) is 0 Å². The molecule has 2 nitrogen and oxygen atoms in total. The fourth-order valence-corrected chi connectivity index (χ4v) is 11.7. The molecular formula is C64H44N2S. The maximum Gasteiger partial charge on any atom is 0.0541 e. The summed E-state index contributed by atoms with van der Waals surface area (Å²) in [6, 6.07) is 84.7. The first kappa shape index (κ1) is 39.2. The fraction of sp³-hybridized carbons (Fsp3) is 0.0312. The number of hydrogen-bond donors (Lipinski definition) is 0. The van der Waals surface area contributed by atoms with Crippen molar-refractivity contribution in [2.24, 2.45) is 0 Å². The standard InChI is InChI=1S/C64H44N2S/c1-2-16-46-42-49(32-31-43(46)15-1)48-18-13-17-47(41-48)44-33-37-50(38-34-44)65(59-26-9-6-22-55(59)56-24-14-30-63-64(56)57-23-7-12-29-62(57)67-63)51-39-35-45(36-40-51)52-19-3-8-25-58(52)66-60-27-10-4-20-53(60)54-21-5-11-28-61(54)66/h1-11,13-28,30-42H,12,29H2. The van der Waals surface area contributed by atoms with Crippen molar-refractivity contribution >= 4 is 77.1 Å². The number of aryl methyl sites for hydroxylation is 1. The molecule has 0 unspecified atom stereocenters. The molecule has 0 fully saturated rings. The van der Waals surface area contributed by atoms with Gasteiger partial charge in [-0.05, 0) is 129 Å². The Morgan fingerprint density at radius 3 is 1.78 bits per heavy atom. The number of rotatable bonds is 8. The normalized spacial score (nSPS) is 12.3. The second-order valence-corrected chi connectivity index (χ2v) is 18.7. The van der Waals surface area contributed by atoms with Gasteiger partial charge in [-0.1, -0.05) is 176 Å². The van der Waals surface area contributed by atoms with Crippen LogP contribution in [-0.2, 0) is 6.42 Å².